The summed E-state index contributed by atoms with van der Waals surface area (Å²) in [5.41, 5.74) is 4.39. The highest BCUT2D eigenvalue weighted by atomic mass is 19.3. The second kappa shape index (κ2) is 4.76. The molecule has 1 aliphatic rings. The van der Waals surface area contributed by atoms with Gasteiger partial charge in [0.2, 0.25) is 0 Å². The Morgan fingerprint density at radius 2 is 2.00 bits per heavy atom. The summed E-state index contributed by atoms with van der Waals surface area (Å²) < 4.78 is 56.1. The van der Waals surface area contributed by atoms with Crippen molar-refractivity contribution < 1.29 is 22.3 Å². The topological polar surface area (TPSA) is 35.2 Å². The molecule has 0 saturated carbocycles. The molecule has 100 valence electrons. The maximum Gasteiger partial charge on any atom is 0.263 e. The maximum atomic E-state index is 12.9. The van der Waals surface area contributed by atoms with Gasteiger partial charge < -0.3 is 10.5 Å². The van der Waals surface area contributed by atoms with Crippen LogP contribution in [0.1, 0.15) is 30.0 Å². The summed E-state index contributed by atoms with van der Waals surface area (Å²) in [4.78, 5) is 0. The van der Waals surface area contributed by atoms with Gasteiger partial charge in [-0.05, 0) is 6.07 Å². The molecule has 1 aromatic carbocycles. The van der Waals surface area contributed by atoms with E-state index < -0.39 is 31.4 Å². The third-order valence-corrected chi connectivity index (χ3v) is 3.09. The van der Waals surface area contributed by atoms with E-state index in [2.05, 4.69) is 0 Å². The highest BCUT2D eigenvalue weighted by molar-refractivity contribution is 5.42. The smallest absolute Gasteiger partial charge is 0.263 e. The molecule has 0 spiro atoms. The van der Waals surface area contributed by atoms with E-state index in [-0.39, 0.29) is 17.7 Å². The highest BCUT2D eigenvalue weighted by Crippen LogP contribution is 2.40. The van der Waals surface area contributed by atoms with Crippen LogP contribution < -0.4 is 10.5 Å². The number of fused-ring (bicyclic) bond motifs is 1. The van der Waals surface area contributed by atoms with Crippen LogP contribution in [0.25, 0.3) is 0 Å². The zero-order valence-electron chi connectivity index (χ0n) is 9.51. The third-order valence-electron chi connectivity index (χ3n) is 3.09. The molecular weight excluding hydrogens is 250 g/mol. The van der Waals surface area contributed by atoms with Crippen LogP contribution in [-0.4, -0.2) is 19.0 Å². The largest absolute Gasteiger partial charge is 0.481 e. The summed E-state index contributed by atoms with van der Waals surface area (Å²) in [6, 6.07) is 3.14. The molecule has 2 N–H and O–H groups in total. The van der Waals surface area contributed by atoms with Crippen LogP contribution in [0.2, 0.25) is 0 Å². The molecule has 1 aliphatic heterocycles. The van der Waals surface area contributed by atoms with Crippen molar-refractivity contribution in [3.05, 3.63) is 29.3 Å². The fraction of sp³-hybridized carbons (Fsp3) is 0.500. The first kappa shape index (κ1) is 13.1. The van der Waals surface area contributed by atoms with E-state index in [0.29, 0.717) is 5.56 Å². The van der Waals surface area contributed by atoms with Gasteiger partial charge >= 0.3 is 0 Å². The van der Waals surface area contributed by atoms with Crippen molar-refractivity contribution in [2.45, 2.75) is 24.5 Å². The number of hydrogen-bond acceptors (Lipinski definition) is 2. The van der Waals surface area contributed by atoms with Gasteiger partial charge in [0.05, 0.1) is 0 Å². The molecule has 0 aromatic heterocycles. The van der Waals surface area contributed by atoms with Crippen molar-refractivity contribution in [2.24, 2.45) is 5.73 Å². The van der Waals surface area contributed by atoms with Crippen LogP contribution in [0.15, 0.2) is 18.2 Å². The van der Waals surface area contributed by atoms with Crippen molar-refractivity contribution in [3.8, 4) is 5.75 Å². The zero-order valence-corrected chi connectivity index (χ0v) is 9.51. The predicted octanol–water partition coefficient (Wildman–Crippen LogP) is 3.08. The Morgan fingerprint density at radius 3 is 2.56 bits per heavy atom. The zero-order chi connectivity index (χ0) is 13.3. The highest BCUT2D eigenvalue weighted by Gasteiger charge is 2.40. The van der Waals surface area contributed by atoms with Gasteiger partial charge in [-0.2, -0.15) is 0 Å². The average Bonchev–Trinajstić information content (AvgIpc) is 2.37. The first-order valence-corrected chi connectivity index (χ1v) is 5.50. The van der Waals surface area contributed by atoms with E-state index in [9.17, 15) is 17.6 Å². The van der Waals surface area contributed by atoms with E-state index in [4.69, 9.17) is 10.5 Å². The van der Waals surface area contributed by atoms with Gasteiger partial charge in [-0.15, -0.1) is 0 Å². The lowest BCUT2D eigenvalue weighted by Gasteiger charge is -2.37. The standard InChI is InChI=1S/C12H13F4NO/c13-5-12(6-14)4-9(17)8-2-1-7(11(15)16)3-10(8)18-12/h1-3,9,11H,4-6,17H2/t9-/m1/s1. The fourth-order valence-corrected chi connectivity index (χ4v) is 2.07. The third kappa shape index (κ3) is 2.16. The summed E-state index contributed by atoms with van der Waals surface area (Å²) in [5, 5.41) is 0. The summed E-state index contributed by atoms with van der Waals surface area (Å²) in [7, 11) is 0. The molecule has 0 amide bonds. The summed E-state index contributed by atoms with van der Waals surface area (Å²) >= 11 is 0. The molecule has 0 saturated heterocycles. The van der Waals surface area contributed by atoms with E-state index in [1.165, 1.54) is 12.1 Å². The molecule has 1 heterocycles. The molecule has 1 atom stereocenters. The van der Waals surface area contributed by atoms with Gasteiger partial charge in [0.25, 0.3) is 6.43 Å². The SMILES string of the molecule is N[C@@H]1CC(CF)(CF)Oc2cc(C(F)F)ccc21. The second-order valence-corrected chi connectivity index (χ2v) is 4.46. The molecular formula is C12H13F4NO. The van der Waals surface area contributed by atoms with Gasteiger partial charge in [0, 0.05) is 23.6 Å². The van der Waals surface area contributed by atoms with Gasteiger partial charge in [-0.25, -0.2) is 17.6 Å². The molecule has 0 aliphatic carbocycles. The van der Waals surface area contributed by atoms with E-state index in [0.717, 1.165) is 6.07 Å². The number of benzene rings is 1. The minimum atomic E-state index is -2.66. The number of halogens is 4. The van der Waals surface area contributed by atoms with Crippen molar-refractivity contribution in [1.82, 2.24) is 0 Å². The normalized spacial score (nSPS) is 21.6. The molecule has 2 nitrogen and oxygen atoms in total. The van der Waals surface area contributed by atoms with E-state index in [1.54, 1.807) is 0 Å². The lowest BCUT2D eigenvalue weighted by Crippen LogP contribution is -2.46. The molecule has 0 fully saturated rings. The Bertz CT molecular complexity index is 434. The maximum absolute atomic E-state index is 12.9. The molecule has 1 aromatic rings. The van der Waals surface area contributed by atoms with Crippen LogP contribution in [0.4, 0.5) is 17.6 Å². The minimum Gasteiger partial charge on any atom is -0.481 e. The Hall–Kier alpha value is -1.30. The van der Waals surface area contributed by atoms with Crippen LogP contribution in [0, 0.1) is 0 Å². The number of alkyl halides is 4. The molecule has 2 rings (SSSR count). The average molecular weight is 263 g/mol. The summed E-state index contributed by atoms with van der Waals surface area (Å²) in [6.45, 7) is -2.09. The Balaban J connectivity index is 2.40. The van der Waals surface area contributed by atoms with Crippen LogP contribution in [0.3, 0.4) is 0 Å². The van der Waals surface area contributed by atoms with Gasteiger partial charge in [-0.1, -0.05) is 12.1 Å². The van der Waals surface area contributed by atoms with Gasteiger partial charge in [0.15, 0.2) is 5.60 Å². The molecule has 0 radical (unpaired) electrons. The van der Waals surface area contributed by atoms with Crippen LogP contribution in [0.5, 0.6) is 5.75 Å². The monoisotopic (exact) mass is 263 g/mol. The summed E-state index contributed by atoms with van der Waals surface area (Å²) in [6.07, 6.45) is -2.68. The van der Waals surface area contributed by atoms with Crippen LogP contribution in [-0.2, 0) is 0 Å². The lowest BCUT2D eigenvalue weighted by molar-refractivity contribution is -0.00812. The van der Waals surface area contributed by atoms with Crippen LogP contribution >= 0.6 is 0 Å². The van der Waals surface area contributed by atoms with Gasteiger partial charge in [0.1, 0.15) is 19.1 Å². The Morgan fingerprint density at radius 1 is 1.33 bits per heavy atom. The number of rotatable bonds is 3. The van der Waals surface area contributed by atoms with Crippen molar-refractivity contribution in [2.75, 3.05) is 13.3 Å². The fourth-order valence-electron chi connectivity index (χ4n) is 2.07. The molecule has 18 heavy (non-hydrogen) atoms. The number of ether oxygens (including phenoxy) is 1. The second-order valence-electron chi connectivity index (χ2n) is 4.46. The van der Waals surface area contributed by atoms with E-state index in [1.807, 2.05) is 0 Å². The number of nitrogens with two attached hydrogens (primary N) is 1. The lowest BCUT2D eigenvalue weighted by atomic mass is 9.89. The minimum absolute atomic E-state index is 0.0129. The van der Waals surface area contributed by atoms with Crippen molar-refractivity contribution in [3.63, 3.8) is 0 Å². The molecule has 0 bridgehead atoms. The predicted molar refractivity (Wildman–Crippen MR) is 58.3 cm³/mol. The van der Waals surface area contributed by atoms with Gasteiger partial charge in [-0.3, -0.25) is 0 Å². The van der Waals surface area contributed by atoms with E-state index >= 15 is 0 Å². The summed E-state index contributed by atoms with van der Waals surface area (Å²) in [5.74, 6) is 0.0434. The van der Waals surface area contributed by atoms with Crippen molar-refractivity contribution >= 4 is 0 Å². The van der Waals surface area contributed by atoms with Crippen molar-refractivity contribution in [1.29, 1.82) is 0 Å². The number of hydrogen-bond donors (Lipinski definition) is 1. The first-order chi connectivity index (χ1) is 8.51. The molecule has 0 unspecified atom stereocenters. The first-order valence-electron chi connectivity index (χ1n) is 5.50. The molecule has 6 heteroatoms. The quantitative estimate of drug-likeness (QED) is 0.850. The Labute approximate surface area is 102 Å². The Kier molecular flexibility index (Phi) is 3.47.